The second-order valence-corrected chi connectivity index (χ2v) is 33.9. The Morgan fingerprint density at radius 2 is 0.472 bits per heavy atom. The second-order valence-electron chi connectivity index (χ2n) is 26.2. The normalized spacial score (nSPS) is 12.9. The average molecular weight is 1850 g/mol. The van der Waals surface area contributed by atoms with Crippen LogP contribution in [0.4, 0.5) is 0 Å². The second kappa shape index (κ2) is 48.2. The van der Waals surface area contributed by atoms with Crippen LogP contribution in [0.1, 0.15) is 164 Å². The molecule has 0 saturated heterocycles. The highest BCUT2D eigenvalue weighted by molar-refractivity contribution is 7.86. The molecule has 0 aliphatic carbocycles. The van der Waals surface area contributed by atoms with Gasteiger partial charge in [-0.2, -0.15) is 8.42 Å². The number of benzene rings is 3. The molecule has 0 aliphatic heterocycles. The highest BCUT2D eigenvalue weighted by Crippen LogP contribution is 2.35. The van der Waals surface area contributed by atoms with Gasteiger partial charge >= 0.3 is 35.8 Å². The van der Waals surface area contributed by atoms with Crippen LogP contribution in [0.2, 0.25) is 0 Å². The monoisotopic (exact) mass is 1850 g/mol. The van der Waals surface area contributed by atoms with Crippen molar-refractivity contribution in [2.24, 2.45) is 0 Å². The van der Waals surface area contributed by atoms with Crippen molar-refractivity contribution in [2.75, 3.05) is 6.26 Å². The topological polar surface area (TPSA) is 474 Å². The van der Waals surface area contributed by atoms with Gasteiger partial charge in [0.05, 0.1) is 6.26 Å². The Hall–Kier alpha value is -13.4. The maximum Gasteiger partial charge on any atom is 0.352 e. The van der Waals surface area contributed by atoms with Gasteiger partial charge in [0.1, 0.15) is 67.5 Å². The number of aliphatic hydroxyl groups is 2. The first-order chi connectivity index (χ1) is 61.1. The van der Waals surface area contributed by atoms with Gasteiger partial charge in [0, 0.05) is 74.6 Å². The third-order valence-corrected chi connectivity index (χ3v) is 23.3. The molecule has 2 N–H and O–H groups in total. The number of nitrogens with zero attached hydrogens (tertiary/aromatic N) is 18. The van der Waals surface area contributed by atoms with Crippen molar-refractivity contribution in [3.8, 4) is 64.2 Å². The summed E-state index contributed by atoms with van der Waals surface area (Å²) in [6.07, 6.45) is 3.99. The first kappa shape index (κ1) is 95.8. The Morgan fingerprint density at radius 3 is 0.654 bits per heavy atom. The molecule has 0 amide bonds. The molecular weight excluding hydrogens is 1770 g/mol. The fourth-order valence-electron chi connectivity index (χ4n) is 10.3. The summed E-state index contributed by atoms with van der Waals surface area (Å²) < 4.78 is 58.7. The van der Waals surface area contributed by atoms with Crippen molar-refractivity contribution in [1.29, 1.82) is 0 Å². The molecule has 0 saturated carbocycles. The smallest absolute Gasteiger partial charge is 0.352 e. The number of hydrogen-bond acceptors (Lipinski definition) is 41. The number of pyridine rings is 6. The zero-order chi connectivity index (χ0) is 90.8. The predicted molar refractivity (Wildman–Crippen MR) is 471 cm³/mol. The largest absolute Gasteiger partial charge is 0.452 e. The first-order valence-corrected chi connectivity index (χ1v) is 44.9. The molecule has 35 nitrogen and oxygen atoms in total. The van der Waals surface area contributed by atoms with Crippen molar-refractivity contribution in [1.82, 2.24) is 91.1 Å². The molecule has 42 heteroatoms. The quantitative estimate of drug-likeness (QED) is 0.0289. The minimum absolute atomic E-state index is 0.501. The lowest BCUT2D eigenvalue weighted by molar-refractivity contribution is -0.170. The Balaban J connectivity index is 0.000000162. The van der Waals surface area contributed by atoms with Crippen molar-refractivity contribution in [2.45, 2.75) is 117 Å². The van der Waals surface area contributed by atoms with E-state index in [2.05, 4.69) is 91.1 Å². The fraction of sp³-hybridized carbons (Fsp3) is 0.224. The summed E-state index contributed by atoms with van der Waals surface area (Å²) in [5, 5.41) is 73.9. The molecule has 3 aromatic carbocycles. The van der Waals surface area contributed by atoms with Gasteiger partial charge in [-0.25, -0.2) is 14.4 Å². The molecule has 15 rings (SSSR count). The van der Waals surface area contributed by atoms with E-state index >= 15 is 0 Å². The van der Waals surface area contributed by atoms with Gasteiger partial charge in [0.15, 0.2) is 63.4 Å². The van der Waals surface area contributed by atoms with Crippen LogP contribution in [-0.2, 0) is 71.5 Å². The number of aromatic nitrogens is 18. The fourth-order valence-corrected chi connectivity index (χ4v) is 15.7. The maximum absolute atomic E-state index is 12.6. The minimum Gasteiger partial charge on any atom is -0.452 e. The highest BCUT2D eigenvalue weighted by atomic mass is 32.2. The van der Waals surface area contributed by atoms with Crippen molar-refractivity contribution < 1.29 is 80.0 Å². The van der Waals surface area contributed by atoms with Gasteiger partial charge < -0.3 is 38.6 Å². The highest BCUT2D eigenvalue weighted by Gasteiger charge is 2.33. The van der Waals surface area contributed by atoms with E-state index in [0.29, 0.717) is 89.5 Å². The van der Waals surface area contributed by atoms with Crippen LogP contribution in [0, 0.1) is 0 Å². The van der Waals surface area contributed by atoms with Gasteiger partial charge in [0.2, 0.25) is 18.3 Å². The van der Waals surface area contributed by atoms with Crippen LogP contribution in [-0.4, -0.2) is 152 Å². The lowest BCUT2D eigenvalue weighted by Crippen LogP contribution is -2.22. The number of rotatable bonds is 26. The number of hydrogen-bond donors (Lipinski definition) is 2. The Labute approximate surface area is 751 Å². The van der Waals surface area contributed by atoms with Crippen LogP contribution in [0.15, 0.2) is 237 Å². The van der Waals surface area contributed by atoms with Crippen LogP contribution in [0.25, 0.3) is 64.2 Å². The summed E-state index contributed by atoms with van der Waals surface area (Å²) in [6.45, 7) is 13.8. The van der Waals surface area contributed by atoms with Crippen molar-refractivity contribution >= 4 is 114 Å². The zero-order valence-corrected chi connectivity index (χ0v) is 74.9. The van der Waals surface area contributed by atoms with Crippen LogP contribution in [0.3, 0.4) is 0 Å². The van der Waals surface area contributed by atoms with Gasteiger partial charge in [-0.3, -0.25) is 48.5 Å². The minimum atomic E-state index is -3.50. The van der Waals surface area contributed by atoms with Gasteiger partial charge in [0.25, 0.3) is 10.1 Å². The van der Waals surface area contributed by atoms with E-state index in [1.165, 1.54) is 88.8 Å². The lowest BCUT2D eigenvalue weighted by atomic mass is 10.1. The van der Waals surface area contributed by atoms with Crippen LogP contribution in [0.5, 0.6) is 0 Å². The molecule has 0 aliphatic rings. The van der Waals surface area contributed by atoms with E-state index in [-0.39, 0.29) is 0 Å². The number of esters is 6. The molecule has 1 unspecified atom stereocenters. The summed E-state index contributed by atoms with van der Waals surface area (Å²) >= 11 is 7.84. The number of ether oxygens (including phenoxy) is 6. The molecular formula is C85H80N18O17S7. The van der Waals surface area contributed by atoms with E-state index in [1.807, 2.05) is 121 Å². The molecule has 12 heterocycles. The molecule has 0 bridgehead atoms. The Bertz CT molecular complexity index is 5620. The summed E-state index contributed by atoms with van der Waals surface area (Å²) in [5.41, 5.74) is 5.98. The van der Waals surface area contributed by atoms with Crippen LogP contribution < -0.4 is 0 Å². The third-order valence-electron chi connectivity index (χ3n) is 16.1. The maximum atomic E-state index is 12.6. The van der Waals surface area contributed by atoms with Gasteiger partial charge in [-0.15, -0.1) is 61.2 Å². The molecule has 0 radical (unpaired) electrons. The third kappa shape index (κ3) is 30.2. The molecule has 0 fully saturated rings. The Kier molecular flexibility index (Phi) is 36.3. The van der Waals surface area contributed by atoms with Crippen molar-refractivity contribution in [3.63, 3.8) is 0 Å². The van der Waals surface area contributed by atoms with Gasteiger partial charge in [-0.1, -0.05) is 195 Å². The summed E-state index contributed by atoms with van der Waals surface area (Å²) in [5.74, 6) is -3.71. The molecule has 15 aromatic rings. The van der Waals surface area contributed by atoms with E-state index in [9.17, 15) is 47.4 Å². The van der Waals surface area contributed by atoms with E-state index < -0.39 is 101 Å². The number of carbonyl (C=O) groups is 6. The lowest BCUT2D eigenvalue weighted by Gasteiger charge is -2.18. The molecule has 12 aromatic heterocycles. The number of carbonyl (C=O) groups excluding carboxylic acids is 6. The van der Waals surface area contributed by atoms with Gasteiger partial charge in [-0.05, 0) is 114 Å². The molecule has 127 heavy (non-hydrogen) atoms. The van der Waals surface area contributed by atoms with E-state index in [1.54, 1.807) is 158 Å². The van der Waals surface area contributed by atoms with E-state index in [0.717, 1.165) is 27.7 Å². The van der Waals surface area contributed by atoms with E-state index in [4.69, 9.17) is 32.6 Å². The zero-order valence-electron chi connectivity index (χ0n) is 69.1. The molecule has 9 atom stereocenters. The standard InChI is InChI=1S/3C19H17N3O4S.C10H11N3O3S2.2C9H9N3OS/c3*1-12(17-21-22-18(27-17)15-10-6-7-11-20-15)25-19(24)16(26-13(2)23)14-8-4-3-5-9-14;1-7(16-18(2,14)15)9-12-13-10(17-9)8-5-3-4-6-11-8;2*1-6(13)8-11-12-9(14-8)7-4-2-3-5-10-7/h3*3-12,16H,1-2H3;3-7H,1-2H3;2*2-6,13H,1H3/t2*12-,16+;12-,16-;7-;6-;/m11011./s1. The van der Waals surface area contributed by atoms with Crippen molar-refractivity contribution in [3.05, 3.63) is 284 Å². The average Bonchev–Trinajstić information content (AvgIpc) is 1.75. The van der Waals surface area contributed by atoms with Crippen LogP contribution >= 0.6 is 68.0 Å². The summed E-state index contributed by atoms with van der Waals surface area (Å²) in [4.78, 5) is 97.0. The number of aliphatic hydroxyl groups excluding tert-OH is 2. The first-order valence-electron chi connectivity index (χ1n) is 38.1. The Morgan fingerprint density at radius 1 is 0.276 bits per heavy atom. The molecule has 0 spiro atoms. The predicted octanol–water partition coefficient (Wildman–Crippen LogP) is 15.5. The SMILES string of the molecule is CC(=O)O[C@H](C(=O)O[C@@H](C)c1nnc(-c2ccccn2)s1)c1ccccc1.CC(=O)O[C@H](C(=O)O[C@H](C)c1nnc(-c2ccccn2)s1)c1ccccc1.CC(=O)O[C@H](C(=O)O[C@H](C)c1nnc(-c2ccccn2)s1)c1ccccc1.CC(O)c1nnc(-c2ccccn2)s1.C[C@@H](O)c1nnc(-c2ccccn2)s1.C[C@@H](OS(C)(=O)=O)c1nnc(-c2ccccn2)s1. The summed E-state index contributed by atoms with van der Waals surface area (Å²) in [6, 6.07) is 59.3. The molecule has 654 valence electrons. The summed E-state index contributed by atoms with van der Waals surface area (Å²) in [7, 11) is -3.50.